The molecule has 2 aromatic carbocycles. The molecule has 0 saturated carbocycles. The first-order chi connectivity index (χ1) is 7.38. The maximum atomic E-state index is 13.3. The molecular formula is C12H11ClFP. The Balaban J connectivity index is 0.000000531. The van der Waals surface area contributed by atoms with Crippen LogP contribution < -0.4 is 0 Å². The van der Waals surface area contributed by atoms with Gasteiger partial charge in [-0.2, -0.15) is 0 Å². The monoisotopic (exact) mass is 240 g/mol. The third kappa shape index (κ3) is 3.30. The van der Waals surface area contributed by atoms with Gasteiger partial charge in [0.2, 0.25) is 0 Å². The molecule has 0 saturated heterocycles. The highest BCUT2D eigenvalue weighted by Gasteiger charge is 2.01. The number of benzene rings is 2. The molecule has 0 spiro atoms. The zero-order valence-corrected chi connectivity index (χ0v) is 9.94. The van der Waals surface area contributed by atoms with Crippen LogP contribution in [0.25, 0.3) is 11.1 Å². The summed E-state index contributed by atoms with van der Waals surface area (Å²) < 4.78 is 13.3. The third-order valence-electron chi connectivity index (χ3n) is 1.96. The minimum Gasteiger partial charge on any atom is -0.206 e. The lowest BCUT2D eigenvalue weighted by Crippen LogP contribution is -1.81. The van der Waals surface area contributed by atoms with Crippen molar-refractivity contribution < 1.29 is 4.39 Å². The molecule has 0 bridgehead atoms. The van der Waals surface area contributed by atoms with E-state index in [1.807, 2.05) is 45.0 Å². The van der Waals surface area contributed by atoms with E-state index in [1.54, 1.807) is 12.1 Å². The fraction of sp³-hybridized carbons (Fsp3) is 0. The molecule has 2 rings (SSSR count). The van der Waals surface area contributed by atoms with Crippen molar-refractivity contribution in [2.24, 2.45) is 0 Å². The zero-order chi connectivity index (χ0) is 11.1. The van der Waals surface area contributed by atoms with Crippen LogP contribution in [-0.2, 0) is 0 Å². The summed E-state index contributed by atoms with van der Waals surface area (Å²) in [4.78, 5) is 0. The van der Waals surface area contributed by atoms with Gasteiger partial charge in [-0.05, 0) is 20.2 Å². The van der Waals surface area contributed by atoms with Gasteiger partial charge in [-0.1, -0.05) is 48.5 Å². The number of hydrogen-bond acceptors (Lipinski definition) is 0. The highest BCUT2D eigenvalue weighted by molar-refractivity contribution is 7.52. The van der Waals surface area contributed by atoms with E-state index in [0.29, 0.717) is 5.56 Å². The molecule has 0 nitrogen and oxygen atoms in total. The summed E-state index contributed by atoms with van der Waals surface area (Å²) in [5.41, 5.74) is 1.57. The van der Waals surface area contributed by atoms with E-state index in [0.717, 1.165) is 5.56 Å². The van der Waals surface area contributed by atoms with Crippen molar-refractivity contribution in [3.8, 4) is 11.1 Å². The van der Waals surface area contributed by atoms with Crippen molar-refractivity contribution in [2.75, 3.05) is 0 Å². The first-order valence-corrected chi connectivity index (χ1v) is 6.14. The van der Waals surface area contributed by atoms with Crippen LogP contribution in [0, 0.1) is 5.82 Å². The maximum absolute atomic E-state index is 13.3. The smallest absolute Gasteiger partial charge is 0.131 e. The van der Waals surface area contributed by atoms with Gasteiger partial charge < -0.3 is 0 Å². The fourth-order valence-electron chi connectivity index (χ4n) is 1.31. The van der Waals surface area contributed by atoms with Crippen LogP contribution in [0.5, 0.6) is 0 Å². The quantitative estimate of drug-likeness (QED) is 0.644. The minimum atomic E-state index is -0.172. The Kier molecular flexibility index (Phi) is 5.31. The summed E-state index contributed by atoms with van der Waals surface area (Å²) in [7, 11) is 1.89. The lowest BCUT2D eigenvalue weighted by Gasteiger charge is -2.01. The molecule has 0 aliphatic rings. The average Bonchev–Trinajstić information content (AvgIpc) is 2.33. The normalized spacial score (nSPS) is 9.00. The van der Waals surface area contributed by atoms with Crippen molar-refractivity contribution in [3.63, 3.8) is 0 Å². The number of halogens is 2. The molecular weight excluding hydrogens is 230 g/mol. The maximum Gasteiger partial charge on any atom is 0.131 e. The average molecular weight is 241 g/mol. The standard InChI is InChI=1S/C12H9F.ClH2P/c13-12-9-5-4-8-11(12)10-6-2-1-3-7-10;1-2/h1-9H;2H2. The van der Waals surface area contributed by atoms with E-state index in [1.165, 1.54) is 6.07 Å². The summed E-state index contributed by atoms with van der Waals surface area (Å²) in [5, 5.41) is 0. The molecule has 0 heterocycles. The molecule has 0 aromatic heterocycles. The minimum absolute atomic E-state index is 0.172. The largest absolute Gasteiger partial charge is 0.206 e. The van der Waals surface area contributed by atoms with E-state index in [-0.39, 0.29) is 5.82 Å². The summed E-state index contributed by atoms with van der Waals surface area (Å²) >= 11 is 4.56. The van der Waals surface area contributed by atoms with Crippen molar-refractivity contribution in [1.29, 1.82) is 0 Å². The van der Waals surface area contributed by atoms with Gasteiger partial charge in [0.1, 0.15) is 5.82 Å². The molecule has 3 heteroatoms. The molecule has 78 valence electrons. The molecule has 1 atom stereocenters. The van der Waals surface area contributed by atoms with Crippen molar-refractivity contribution in [1.82, 2.24) is 0 Å². The Bertz CT molecular complexity index is 403. The van der Waals surface area contributed by atoms with Crippen LogP contribution in [0.1, 0.15) is 0 Å². The van der Waals surface area contributed by atoms with Gasteiger partial charge >= 0.3 is 0 Å². The highest BCUT2D eigenvalue weighted by atomic mass is 35.7. The van der Waals surface area contributed by atoms with Gasteiger partial charge in [-0.3, -0.25) is 0 Å². The molecule has 0 radical (unpaired) electrons. The van der Waals surface area contributed by atoms with Crippen LogP contribution in [0.2, 0.25) is 0 Å². The van der Waals surface area contributed by atoms with E-state index < -0.39 is 0 Å². The Morgan fingerprint density at radius 2 is 1.33 bits per heavy atom. The predicted octanol–water partition coefficient (Wildman–Crippen LogP) is 4.51. The van der Waals surface area contributed by atoms with Crippen LogP contribution >= 0.6 is 19.8 Å². The summed E-state index contributed by atoms with van der Waals surface area (Å²) in [6, 6.07) is 16.3. The molecule has 0 amide bonds. The van der Waals surface area contributed by atoms with Gasteiger partial charge in [0.15, 0.2) is 0 Å². The molecule has 0 aliphatic heterocycles. The zero-order valence-electron chi connectivity index (χ0n) is 8.03. The Morgan fingerprint density at radius 3 is 1.93 bits per heavy atom. The Labute approximate surface area is 96.1 Å². The number of hydrogen-bond donors (Lipinski definition) is 0. The second-order valence-electron chi connectivity index (χ2n) is 2.85. The van der Waals surface area contributed by atoms with E-state index in [4.69, 9.17) is 0 Å². The molecule has 0 N–H and O–H groups in total. The van der Waals surface area contributed by atoms with Gasteiger partial charge in [-0.25, -0.2) is 4.39 Å². The van der Waals surface area contributed by atoms with Crippen molar-refractivity contribution >= 4 is 19.8 Å². The summed E-state index contributed by atoms with van der Waals surface area (Å²) in [6.07, 6.45) is 0. The fourth-order valence-corrected chi connectivity index (χ4v) is 1.31. The van der Waals surface area contributed by atoms with E-state index in [9.17, 15) is 4.39 Å². The van der Waals surface area contributed by atoms with Crippen LogP contribution in [-0.4, -0.2) is 0 Å². The summed E-state index contributed by atoms with van der Waals surface area (Å²) in [6.45, 7) is 0. The second kappa shape index (κ2) is 6.55. The van der Waals surface area contributed by atoms with Gasteiger partial charge in [-0.15, -0.1) is 11.2 Å². The van der Waals surface area contributed by atoms with Gasteiger partial charge in [0, 0.05) is 5.56 Å². The van der Waals surface area contributed by atoms with Gasteiger partial charge in [0.05, 0.1) is 0 Å². The van der Waals surface area contributed by atoms with Crippen molar-refractivity contribution in [2.45, 2.75) is 0 Å². The van der Waals surface area contributed by atoms with Crippen LogP contribution in [0.3, 0.4) is 0 Å². The van der Waals surface area contributed by atoms with Gasteiger partial charge in [0.25, 0.3) is 0 Å². The molecule has 0 fully saturated rings. The molecule has 0 aliphatic carbocycles. The van der Waals surface area contributed by atoms with Crippen molar-refractivity contribution in [3.05, 3.63) is 60.4 Å². The van der Waals surface area contributed by atoms with E-state index >= 15 is 0 Å². The Morgan fingerprint density at radius 1 is 0.800 bits per heavy atom. The number of rotatable bonds is 1. The second-order valence-corrected chi connectivity index (χ2v) is 2.85. The molecule has 1 unspecified atom stereocenters. The van der Waals surface area contributed by atoms with E-state index in [2.05, 4.69) is 11.2 Å². The third-order valence-corrected chi connectivity index (χ3v) is 1.96. The molecule has 2 aromatic rings. The SMILES string of the molecule is Fc1ccccc1-c1ccccc1.PCl. The first-order valence-electron chi connectivity index (χ1n) is 4.40. The van der Waals surface area contributed by atoms with Crippen LogP contribution in [0.15, 0.2) is 54.6 Å². The lowest BCUT2D eigenvalue weighted by molar-refractivity contribution is 0.631. The first kappa shape index (κ1) is 12.2. The molecule has 15 heavy (non-hydrogen) atoms. The Hall–Kier alpha value is -0.910. The predicted molar refractivity (Wildman–Crippen MR) is 67.4 cm³/mol. The highest BCUT2D eigenvalue weighted by Crippen LogP contribution is 2.21. The lowest BCUT2D eigenvalue weighted by atomic mass is 10.1. The summed E-state index contributed by atoms with van der Waals surface area (Å²) in [5.74, 6) is -0.172. The van der Waals surface area contributed by atoms with Crippen LogP contribution in [0.4, 0.5) is 4.39 Å². The topological polar surface area (TPSA) is 0 Å².